The minimum Gasteiger partial charge on any atom is -0.381 e. The number of rotatable bonds is 4. The number of benzene rings is 1. The second-order valence-corrected chi connectivity index (χ2v) is 5.50. The molecule has 0 atom stereocenters. The zero-order valence-corrected chi connectivity index (χ0v) is 12.6. The summed E-state index contributed by atoms with van der Waals surface area (Å²) in [7, 11) is 1.82. The van der Waals surface area contributed by atoms with Crippen LogP contribution in [0.2, 0.25) is 0 Å². The Kier molecular flexibility index (Phi) is 5.33. The molecule has 2 amide bonds. The van der Waals surface area contributed by atoms with Gasteiger partial charge in [-0.25, -0.2) is 0 Å². The molecule has 0 spiro atoms. The summed E-state index contributed by atoms with van der Waals surface area (Å²) in [5, 5.41) is 2.69. The van der Waals surface area contributed by atoms with Crippen LogP contribution >= 0.6 is 0 Å². The molecule has 0 radical (unpaired) electrons. The largest absolute Gasteiger partial charge is 0.381 e. The van der Waals surface area contributed by atoms with Gasteiger partial charge in [-0.2, -0.15) is 0 Å². The number of ether oxygens (including phenoxy) is 1. The van der Waals surface area contributed by atoms with E-state index < -0.39 is 0 Å². The summed E-state index contributed by atoms with van der Waals surface area (Å²) in [6.45, 7) is 3.76. The third-order valence-corrected chi connectivity index (χ3v) is 3.65. The van der Waals surface area contributed by atoms with Gasteiger partial charge in [-0.1, -0.05) is 6.07 Å². The number of anilines is 1. The lowest BCUT2D eigenvalue weighted by Gasteiger charge is -2.27. The zero-order chi connectivity index (χ0) is 15.2. The van der Waals surface area contributed by atoms with Crippen LogP contribution in [-0.4, -0.2) is 43.5 Å². The van der Waals surface area contributed by atoms with E-state index in [1.165, 1.54) is 6.92 Å². The van der Waals surface area contributed by atoms with Crippen LogP contribution in [-0.2, 0) is 9.53 Å². The minimum absolute atomic E-state index is 0.0197. The summed E-state index contributed by atoms with van der Waals surface area (Å²) in [6, 6.07) is 7.04. The predicted octanol–water partition coefficient (Wildman–Crippen LogP) is 2.14. The highest BCUT2D eigenvalue weighted by molar-refractivity contribution is 5.96. The molecule has 1 fully saturated rings. The van der Waals surface area contributed by atoms with Gasteiger partial charge in [-0.15, -0.1) is 0 Å². The van der Waals surface area contributed by atoms with E-state index in [2.05, 4.69) is 5.32 Å². The highest BCUT2D eigenvalue weighted by Gasteiger charge is 2.19. The molecule has 2 rings (SSSR count). The normalized spacial score (nSPS) is 15.5. The monoisotopic (exact) mass is 290 g/mol. The van der Waals surface area contributed by atoms with Gasteiger partial charge in [0.1, 0.15) is 0 Å². The van der Waals surface area contributed by atoms with Crippen molar-refractivity contribution in [3.05, 3.63) is 29.8 Å². The quantitative estimate of drug-likeness (QED) is 0.924. The second kappa shape index (κ2) is 7.22. The van der Waals surface area contributed by atoms with E-state index in [1.54, 1.807) is 29.2 Å². The summed E-state index contributed by atoms with van der Waals surface area (Å²) in [6.07, 6.45) is 2.01. The topological polar surface area (TPSA) is 58.6 Å². The number of amides is 2. The smallest absolute Gasteiger partial charge is 0.253 e. The van der Waals surface area contributed by atoms with Crippen molar-refractivity contribution >= 4 is 17.5 Å². The molecule has 0 aromatic heterocycles. The Morgan fingerprint density at radius 3 is 2.71 bits per heavy atom. The van der Waals surface area contributed by atoms with E-state index in [4.69, 9.17) is 4.74 Å². The molecule has 0 bridgehead atoms. The van der Waals surface area contributed by atoms with E-state index in [0.717, 1.165) is 32.6 Å². The summed E-state index contributed by atoms with van der Waals surface area (Å²) >= 11 is 0. The highest BCUT2D eigenvalue weighted by Crippen LogP contribution is 2.18. The maximum Gasteiger partial charge on any atom is 0.253 e. The van der Waals surface area contributed by atoms with Gasteiger partial charge in [0.05, 0.1) is 0 Å². The lowest BCUT2D eigenvalue weighted by molar-refractivity contribution is -0.114. The molecule has 0 saturated carbocycles. The van der Waals surface area contributed by atoms with Crippen LogP contribution in [0, 0.1) is 5.92 Å². The van der Waals surface area contributed by atoms with Crippen molar-refractivity contribution in [2.45, 2.75) is 19.8 Å². The van der Waals surface area contributed by atoms with Crippen LogP contribution in [0.4, 0.5) is 5.69 Å². The predicted molar refractivity (Wildman–Crippen MR) is 81.2 cm³/mol. The second-order valence-electron chi connectivity index (χ2n) is 5.50. The van der Waals surface area contributed by atoms with E-state index in [1.807, 2.05) is 7.05 Å². The fraction of sp³-hybridized carbons (Fsp3) is 0.500. The molecule has 1 aliphatic heterocycles. The third-order valence-electron chi connectivity index (χ3n) is 3.65. The Bertz CT molecular complexity index is 510. The molecule has 0 unspecified atom stereocenters. The minimum atomic E-state index is -0.143. The number of carbonyl (C=O) groups excluding carboxylic acids is 2. The van der Waals surface area contributed by atoms with Crippen LogP contribution in [0.5, 0.6) is 0 Å². The molecular formula is C16H22N2O3. The Hall–Kier alpha value is -1.88. The molecule has 1 saturated heterocycles. The van der Waals surface area contributed by atoms with Crippen molar-refractivity contribution in [2.24, 2.45) is 5.92 Å². The van der Waals surface area contributed by atoms with Gasteiger partial charge in [0.15, 0.2) is 0 Å². The summed E-state index contributed by atoms with van der Waals surface area (Å²) in [5.74, 6) is 0.343. The number of carbonyl (C=O) groups is 2. The molecule has 21 heavy (non-hydrogen) atoms. The van der Waals surface area contributed by atoms with E-state index in [-0.39, 0.29) is 11.8 Å². The molecule has 1 aromatic rings. The van der Waals surface area contributed by atoms with Gasteiger partial charge in [-0.3, -0.25) is 9.59 Å². The molecule has 1 heterocycles. The molecular weight excluding hydrogens is 268 g/mol. The number of hydrogen-bond acceptors (Lipinski definition) is 3. The molecule has 5 nitrogen and oxygen atoms in total. The number of nitrogens with one attached hydrogen (secondary N) is 1. The van der Waals surface area contributed by atoms with Crippen molar-refractivity contribution in [3.8, 4) is 0 Å². The lowest BCUT2D eigenvalue weighted by atomic mass is 9.99. The fourth-order valence-electron chi connectivity index (χ4n) is 2.55. The molecule has 1 aliphatic rings. The van der Waals surface area contributed by atoms with Gasteiger partial charge in [0.25, 0.3) is 5.91 Å². The van der Waals surface area contributed by atoms with Crippen LogP contribution in [0.3, 0.4) is 0 Å². The van der Waals surface area contributed by atoms with Gasteiger partial charge in [0, 0.05) is 45.0 Å². The van der Waals surface area contributed by atoms with Crippen LogP contribution in [0.1, 0.15) is 30.1 Å². The van der Waals surface area contributed by atoms with Gasteiger partial charge in [-0.05, 0) is 37.0 Å². The summed E-state index contributed by atoms with van der Waals surface area (Å²) in [4.78, 5) is 25.3. The fourth-order valence-corrected chi connectivity index (χ4v) is 2.55. The Morgan fingerprint density at radius 2 is 2.05 bits per heavy atom. The first kappa shape index (κ1) is 15.5. The zero-order valence-electron chi connectivity index (χ0n) is 12.6. The van der Waals surface area contributed by atoms with Gasteiger partial charge < -0.3 is 15.0 Å². The molecule has 114 valence electrons. The van der Waals surface area contributed by atoms with Crippen LogP contribution < -0.4 is 5.32 Å². The lowest BCUT2D eigenvalue weighted by Crippen LogP contribution is -2.34. The highest BCUT2D eigenvalue weighted by atomic mass is 16.5. The Balaban J connectivity index is 1.99. The standard InChI is InChI=1S/C16H22N2O3/c1-12(19)17-15-5-3-4-14(10-15)16(20)18(2)11-13-6-8-21-9-7-13/h3-5,10,13H,6-9,11H2,1-2H3,(H,17,19). The Morgan fingerprint density at radius 1 is 1.33 bits per heavy atom. The average molecular weight is 290 g/mol. The molecule has 0 aliphatic carbocycles. The van der Waals surface area contributed by atoms with Crippen LogP contribution in [0.15, 0.2) is 24.3 Å². The van der Waals surface area contributed by atoms with Gasteiger partial charge in [0.2, 0.25) is 5.91 Å². The van der Waals surface area contributed by atoms with E-state index >= 15 is 0 Å². The van der Waals surface area contributed by atoms with Crippen molar-refractivity contribution in [2.75, 3.05) is 32.1 Å². The maximum absolute atomic E-state index is 12.4. The first-order chi connectivity index (χ1) is 10.1. The van der Waals surface area contributed by atoms with Crippen molar-refractivity contribution in [3.63, 3.8) is 0 Å². The Labute approximate surface area is 125 Å². The summed E-state index contributed by atoms with van der Waals surface area (Å²) in [5.41, 5.74) is 1.24. The summed E-state index contributed by atoms with van der Waals surface area (Å²) < 4.78 is 5.34. The molecule has 1 aromatic carbocycles. The first-order valence-electron chi connectivity index (χ1n) is 7.27. The van der Waals surface area contributed by atoms with Crippen molar-refractivity contribution < 1.29 is 14.3 Å². The van der Waals surface area contributed by atoms with Gasteiger partial charge >= 0.3 is 0 Å². The van der Waals surface area contributed by atoms with Crippen molar-refractivity contribution in [1.29, 1.82) is 0 Å². The van der Waals surface area contributed by atoms with E-state index in [0.29, 0.717) is 17.2 Å². The van der Waals surface area contributed by atoms with Crippen LogP contribution in [0.25, 0.3) is 0 Å². The number of hydrogen-bond donors (Lipinski definition) is 1. The average Bonchev–Trinajstić information content (AvgIpc) is 2.47. The van der Waals surface area contributed by atoms with Crippen molar-refractivity contribution in [1.82, 2.24) is 4.90 Å². The SMILES string of the molecule is CC(=O)Nc1cccc(C(=O)N(C)CC2CCOCC2)c1. The maximum atomic E-state index is 12.4. The number of nitrogens with zero attached hydrogens (tertiary/aromatic N) is 1. The first-order valence-corrected chi connectivity index (χ1v) is 7.27. The molecule has 5 heteroatoms. The molecule has 1 N–H and O–H groups in total. The third kappa shape index (κ3) is 4.56. The van der Waals surface area contributed by atoms with E-state index in [9.17, 15) is 9.59 Å².